The summed E-state index contributed by atoms with van der Waals surface area (Å²) in [5.74, 6) is 0.520. The van der Waals surface area contributed by atoms with E-state index >= 15 is 0 Å². The molecule has 0 aromatic carbocycles. The van der Waals surface area contributed by atoms with E-state index in [2.05, 4.69) is 4.90 Å². The molecule has 2 bridgehead atoms. The van der Waals surface area contributed by atoms with Crippen LogP contribution in [0.4, 0.5) is 0 Å². The summed E-state index contributed by atoms with van der Waals surface area (Å²) in [6.07, 6.45) is 4.48. The molecule has 3 saturated heterocycles. The SMILES string of the molecule is NC1CCOCC1CN1CC2CCC(C1)O2. The summed E-state index contributed by atoms with van der Waals surface area (Å²) in [4.78, 5) is 2.53. The van der Waals surface area contributed by atoms with Crippen LogP contribution in [0.2, 0.25) is 0 Å². The maximum absolute atomic E-state index is 6.14. The van der Waals surface area contributed by atoms with Gasteiger partial charge in [0, 0.05) is 38.2 Å². The Hall–Kier alpha value is -0.160. The summed E-state index contributed by atoms with van der Waals surface area (Å²) in [6, 6.07) is 0.328. The highest BCUT2D eigenvalue weighted by Gasteiger charge is 2.35. The van der Waals surface area contributed by atoms with Crippen LogP contribution >= 0.6 is 0 Å². The van der Waals surface area contributed by atoms with Crippen molar-refractivity contribution in [1.82, 2.24) is 4.90 Å². The monoisotopic (exact) mass is 226 g/mol. The Labute approximate surface area is 97.1 Å². The van der Waals surface area contributed by atoms with Gasteiger partial charge >= 0.3 is 0 Å². The number of morpholine rings is 1. The predicted octanol–water partition coefficient (Wildman–Crippen LogP) is 0.213. The largest absolute Gasteiger partial charge is 0.381 e. The van der Waals surface area contributed by atoms with Crippen LogP contribution in [0.1, 0.15) is 19.3 Å². The average Bonchev–Trinajstić information content (AvgIpc) is 2.62. The molecular weight excluding hydrogens is 204 g/mol. The molecule has 4 nitrogen and oxygen atoms in total. The van der Waals surface area contributed by atoms with Crippen molar-refractivity contribution in [3.63, 3.8) is 0 Å². The van der Waals surface area contributed by atoms with Gasteiger partial charge in [0.15, 0.2) is 0 Å². The maximum Gasteiger partial charge on any atom is 0.0707 e. The fourth-order valence-corrected chi connectivity index (χ4v) is 3.18. The first kappa shape index (κ1) is 11.0. The van der Waals surface area contributed by atoms with Crippen molar-refractivity contribution < 1.29 is 9.47 Å². The van der Waals surface area contributed by atoms with E-state index in [0.717, 1.165) is 39.3 Å². The number of hydrogen-bond donors (Lipinski definition) is 1. The van der Waals surface area contributed by atoms with E-state index in [1.807, 2.05) is 0 Å². The number of nitrogens with zero attached hydrogens (tertiary/aromatic N) is 1. The minimum Gasteiger partial charge on any atom is -0.381 e. The third-order valence-corrected chi connectivity index (χ3v) is 4.14. The van der Waals surface area contributed by atoms with Gasteiger partial charge in [0.2, 0.25) is 0 Å². The number of hydrogen-bond acceptors (Lipinski definition) is 4. The zero-order chi connectivity index (χ0) is 11.0. The van der Waals surface area contributed by atoms with Crippen molar-refractivity contribution in [1.29, 1.82) is 0 Å². The lowest BCUT2D eigenvalue weighted by Crippen LogP contribution is -2.50. The van der Waals surface area contributed by atoms with E-state index in [1.54, 1.807) is 0 Å². The number of fused-ring (bicyclic) bond motifs is 2. The van der Waals surface area contributed by atoms with E-state index in [4.69, 9.17) is 15.2 Å². The van der Waals surface area contributed by atoms with Gasteiger partial charge in [0.05, 0.1) is 18.8 Å². The second-order valence-electron chi connectivity index (χ2n) is 5.46. The summed E-state index contributed by atoms with van der Waals surface area (Å²) in [5.41, 5.74) is 6.14. The fourth-order valence-electron chi connectivity index (χ4n) is 3.18. The molecule has 92 valence electrons. The molecule has 0 saturated carbocycles. The van der Waals surface area contributed by atoms with Gasteiger partial charge in [0.25, 0.3) is 0 Å². The minimum atomic E-state index is 0.328. The van der Waals surface area contributed by atoms with E-state index in [9.17, 15) is 0 Å². The van der Waals surface area contributed by atoms with Crippen molar-refractivity contribution in [2.24, 2.45) is 11.7 Å². The van der Waals surface area contributed by atoms with Crippen LogP contribution in [0.15, 0.2) is 0 Å². The molecule has 2 N–H and O–H groups in total. The highest BCUT2D eigenvalue weighted by atomic mass is 16.5. The van der Waals surface area contributed by atoms with Crippen molar-refractivity contribution >= 4 is 0 Å². The van der Waals surface area contributed by atoms with Crippen molar-refractivity contribution in [3.05, 3.63) is 0 Å². The minimum absolute atomic E-state index is 0.328. The van der Waals surface area contributed by atoms with Gasteiger partial charge in [0.1, 0.15) is 0 Å². The molecule has 0 spiro atoms. The Morgan fingerprint density at radius 1 is 1.12 bits per heavy atom. The van der Waals surface area contributed by atoms with Gasteiger partial charge < -0.3 is 15.2 Å². The molecule has 3 heterocycles. The smallest absolute Gasteiger partial charge is 0.0707 e. The first-order chi connectivity index (χ1) is 7.81. The molecule has 3 aliphatic rings. The van der Waals surface area contributed by atoms with Crippen LogP contribution in [0.5, 0.6) is 0 Å². The summed E-state index contributed by atoms with van der Waals surface area (Å²) in [7, 11) is 0. The third kappa shape index (κ3) is 2.25. The lowest BCUT2D eigenvalue weighted by molar-refractivity contribution is -0.0536. The number of likely N-dealkylation sites (tertiary alicyclic amines) is 1. The molecule has 3 rings (SSSR count). The van der Waals surface area contributed by atoms with Crippen molar-refractivity contribution in [2.75, 3.05) is 32.8 Å². The molecule has 4 atom stereocenters. The van der Waals surface area contributed by atoms with Gasteiger partial charge in [-0.1, -0.05) is 0 Å². The van der Waals surface area contributed by atoms with Gasteiger partial charge in [-0.15, -0.1) is 0 Å². The molecule has 16 heavy (non-hydrogen) atoms. The van der Waals surface area contributed by atoms with Crippen LogP contribution in [0, 0.1) is 5.92 Å². The topological polar surface area (TPSA) is 47.7 Å². The zero-order valence-electron chi connectivity index (χ0n) is 9.81. The molecule has 3 aliphatic heterocycles. The van der Waals surface area contributed by atoms with E-state index in [0.29, 0.717) is 24.2 Å². The summed E-state index contributed by atoms with van der Waals surface area (Å²) in [5, 5.41) is 0. The molecular formula is C12H22N2O2. The van der Waals surface area contributed by atoms with Crippen LogP contribution in [-0.2, 0) is 9.47 Å². The third-order valence-electron chi connectivity index (χ3n) is 4.14. The predicted molar refractivity (Wildman–Crippen MR) is 61.2 cm³/mol. The Morgan fingerprint density at radius 2 is 1.88 bits per heavy atom. The van der Waals surface area contributed by atoms with Crippen LogP contribution < -0.4 is 5.73 Å². The maximum atomic E-state index is 6.14. The van der Waals surface area contributed by atoms with Crippen LogP contribution in [0.25, 0.3) is 0 Å². The molecule has 3 fully saturated rings. The molecule has 4 unspecified atom stereocenters. The summed E-state index contributed by atoms with van der Waals surface area (Å²) in [6.45, 7) is 4.97. The average molecular weight is 226 g/mol. The summed E-state index contributed by atoms with van der Waals surface area (Å²) < 4.78 is 11.4. The quantitative estimate of drug-likeness (QED) is 0.731. The Kier molecular flexibility index (Phi) is 3.16. The van der Waals surface area contributed by atoms with Gasteiger partial charge in [-0.2, -0.15) is 0 Å². The normalized spacial score (nSPS) is 44.8. The lowest BCUT2D eigenvalue weighted by atomic mass is 9.96. The fraction of sp³-hybridized carbons (Fsp3) is 1.00. The Balaban J connectivity index is 1.54. The lowest BCUT2D eigenvalue weighted by Gasteiger charge is -2.37. The number of rotatable bonds is 2. The van der Waals surface area contributed by atoms with Crippen LogP contribution in [-0.4, -0.2) is 56.0 Å². The highest BCUT2D eigenvalue weighted by Crippen LogP contribution is 2.27. The molecule has 0 aromatic rings. The van der Waals surface area contributed by atoms with E-state index in [1.165, 1.54) is 12.8 Å². The molecule has 0 amide bonds. The Bertz CT molecular complexity index is 237. The summed E-state index contributed by atoms with van der Waals surface area (Å²) >= 11 is 0. The standard InChI is InChI=1S/C12H22N2O2/c13-12-3-4-15-8-9(12)5-14-6-10-1-2-11(7-14)16-10/h9-12H,1-8,13H2. The van der Waals surface area contributed by atoms with Gasteiger partial charge in [-0.25, -0.2) is 0 Å². The number of nitrogens with two attached hydrogens (primary N) is 1. The Morgan fingerprint density at radius 3 is 2.56 bits per heavy atom. The number of ether oxygens (including phenoxy) is 2. The van der Waals surface area contributed by atoms with Gasteiger partial charge in [-0.3, -0.25) is 4.90 Å². The van der Waals surface area contributed by atoms with E-state index in [-0.39, 0.29) is 0 Å². The molecule has 0 radical (unpaired) electrons. The highest BCUT2D eigenvalue weighted by molar-refractivity contribution is 4.87. The second kappa shape index (κ2) is 4.61. The molecule has 0 aliphatic carbocycles. The molecule has 0 aromatic heterocycles. The zero-order valence-corrected chi connectivity index (χ0v) is 9.81. The first-order valence-electron chi connectivity index (χ1n) is 6.52. The second-order valence-corrected chi connectivity index (χ2v) is 5.46. The van der Waals surface area contributed by atoms with Crippen LogP contribution in [0.3, 0.4) is 0 Å². The van der Waals surface area contributed by atoms with Gasteiger partial charge in [-0.05, 0) is 19.3 Å². The molecule has 4 heteroatoms. The van der Waals surface area contributed by atoms with E-state index < -0.39 is 0 Å². The van der Waals surface area contributed by atoms with Crippen molar-refractivity contribution in [3.8, 4) is 0 Å². The first-order valence-corrected chi connectivity index (χ1v) is 6.52. The van der Waals surface area contributed by atoms with Crippen molar-refractivity contribution in [2.45, 2.75) is 37.5 Å².